The van der Waals surface area contributed by atoms with E-state index in [1.54, 1.807) is 0 Å². The SMILES string of the molecule is CC(NCC1COCCO1)c1ccc2ccccc2c1. The smallest absolute Gasteiger partial charge is 0.0933 e. The Morgan fingerprint density at radius 3 is 2.80 bits per heavy atom. The number of fused-ring (bicyclic) bond motifs is 1. The van der Waals surface area contributed by atoms with Crippen LogP contribution in [0.3, 0.4) is 0 Å². The average Bonchev–Trinajstić information content (AvgIpc) is 2.53. The minimum absolute atomic E-state index is 0.173. The summed E-state index contributed by atoms with van der Waals surface area (Å²) in [5.41, 5.74) is 1.31. The van der Waals surface area contributed by atoms with Gasteiger partial charge in [0.1, 0.15) is 0 Å². The fourth-order valence-electron chi connectivity index (χ4n) is 2.56. The summed E-state index contributed by atoms with van der Waals surface area (Å²) in [6.45, 7) is 5.13. The Labute approximate surface area is 119 Å². The van der Waals surface area contributed by atoms with Crippen LogP contribution >= 0.6 is 0 Å². The first-order valence-corrected chi connectivity index (χ1v) is 7.24. The summed E-state index contributed by atoms with van der Waals surface area (Å²) in [5.74, 6) is 0. The Bertz CT molecular complexity index is 564. The van der Waals surface area contributed by atoms with Crippen LogP contribution in [-0.2, 0) is 9.47 Å². The summed E-state index contributed by atoms with van der Waals surface area (Å²) in [7, 11) is 0. The third-order valence-corrected chi connectivity index (χ3v) is 3.81. The summed E-state index contributed by atoms with van der Waals surface area (Å²) < 4.78 is 11.1. The van der Waals surface area contributed by atoms with Gasteiger partial charge in [-0.05, 0) is 29.3 Å². The molecule has 0 bridgehead atoms. The molecule has 3 nitrogen and oxygen atoms in total. The molecule has 0 saturated carbocycles. The van der Waals surface area contributed by atoms with E-state index in [1.807, 2.05) is 0 Å². The van der Waals surface area contributed by atoms with E-state index in [0.717, 1.165) is 13.2 Å². The van der Waals surface area contributed by atoms with Gasteiger partial charge in [-0.3, -0.25) is 0 Å². The molecule has 1 saturated heterocycles. The molecule has 0 amide bonds. The van der Waals surface area contributed by atoms with E-state index >= 15 is 0 Å². The molecule has 0 radical (unpaired) electrons. The summed E-state index contributed by atoms with van der Waals surface area (Å²) in [6.07, 6.45) is 0.173. The van der Waals surface area contributed by atoms with E-state index in [0.29, 0.717) is 19.3 Å². The molecule has 2 aromatic rings. The molecule has 1 fully saturated rings. The first-order valence-electron chi connectivity index (χ1n) is 7.24. The van der Waals surface area contributed by atoms with Crippen LogP contribution < -0.4 is 5.32 Å². The molecule has 0 aliphatic carbocycles. The molecule has 0 aromatic heterocycles. The maximum Gasteiger partial charge on any atom is 0.0933 e. The quantitative estimate of drug-likeness (QED) is 0.927. The highest BCUT2D eigenvalue weighted by molar-refractivity contribution is 5.83. The third kappa shape index (κ3) is 3.18. The molecule has 2 unspecified atom stereocenters. The zero-order chi connectivity index (χ0) is 13.8. The van der Waals surface area contributed by atoms with Crippen LogP contribution in [0.25, 0.3) is 10.8 Å². The predicted octanol–water partition coefficient (Wildman–Crippen LogP) is 2.91. The van der Waals surface area contributed by atoms with Crippen molar-refractivity contribution in [2.24, 2.45) is 0 Å². The largest absolute Gasteiger partial charge is 0.376 e. The van der Waals surface area contributed by atoms with Gasteiger partial charge in [-0.2, -0.15) is 0 Å². The van der Waals surface area contributed by atoms with E-state index in [-0.39, 0.29) is 6.10 Å². The number of hydrogen-bond acceptors (Lipinski definition) is 3. The molecular weight excluding hydrogens is 250 g/mol. The number of ether oxygens (including phenoxy) is 2. The Hall–Kier alpha value is -1.42. The Kier molecular flexibility index (Phi) is 4.31. The minimum atomic E-state index is 0.173. The lowest BCUT2D eigenvalue weighted by molar-refractivity contribution is -0.0869. The highest BCUT2D eigenvalue weighted by atomic mass is 16.6. The van der Waals surface area contributed by atoms with Crippen LogP contribution in [0.4, 0.5) is 0 Å². The maximum atomic E-state index is 5.65. The second kappa shape index (κ2) is 6.35. The monoisotopic (exact) mass is 271 g/mol. The first kappa shape index (κ1) is 13.6. The fourth-order valence-corrected chi connectivity index (χ4v) is 2.56. The lowest BCUT2D eigenvalue weighted by Gasteiger charge is -2.25. The van der Waals surface area contributed by atoms with Crippen LogP contribution in [0.1, 0.15) is 18.5 Å². The second-order valence-electron chi connectivity index (χ2n) is 5.30. The van der Waals surface area contributed by atoms with Crippen LogP contribution in [0, 0.1) is 0 Å². The van der Waals surface area contributed by atoms with Crippen LogP contribution in [0.2, 0.25) is 0 Å². The first-order chi connectivity index (χ1) is 9.83. The number of hydrogen-bond donors (Lipinski definition) is 1. The fraction of sp³-hybridized carbons (Fsp3) is 0.412. The minimum Gasteiger partial charge on any atom is -0.376 e. The molecule has 106 valence electrons. The van der Waals surface area contributed by atoms with Crippen molar-refractivity contribution in [3.63, 3.8) is 0 Å². The van der Waals surface area contributed by atoms with Gasteiger partial charge in [-0.1, -0.05) is 36.4 Å². The van der Waals surface area contributed by atoms with Crippen LogP contribution in [0.5, 0.6) is 0 Å². The maximum absolute atomic E-state index is 5.65. The lowest BCUT2D eigenvalue weighted by atomic mass is 10.0. The molecule has 1 heterocycles. The predicted molar refractivity (Wildman–Crippen MR) is 80.9 cm³/mol. The average molecular weight is 271 g/mol. The van der Waals surface area contributed by atoms with Gasteiger partial charge < -0.3 is 14.8 Å². The molecule has 0 spiro atoms. The molecule has 20 heavy (non-hydrogen) atoms. The molecule has 3 rings (SSSR count). The Morgan fingerprint density at radius 1 is 1.15 bits per heavy atom. The highest BCUT2D eigenvalue weighted by Gasteiger charge is 2.15. The van der Waals surface area contributed by atoms with Gasteiger partial charge in [-0.15, -0.1) is 0 Å². The van der Waals surface area contributed by atoms with Crippen molar-refractivity contribution in [3.8, 4) is 0 Å². The van der Waals surface area contributed by atoms with Crippen molar-refractivity contribution in [3.05, 3.63) is 48.0 Å². The third-order valence-electron chi connectivity index (χ3n) is 3.81. The van der Waals surface area contributed by atoms with Gasteiger partial charge in [0.15, 0.2) is 0 Å². The molecule has 1 N–H and O–H groups in total. The van der Waals surface area contributed by atoms with Crippen LogP contribution in [0.15, 0.2) is 42.5 Å². The lowest BCUT2D eigenvalue weighted by Crippen LogP contribution is -2.38. The zero-order valence-corrected chi connectivity index (χ0v) is 11.8. The van der Waals surface area contributed by atoms with Crippen molar-refractivity contribution in [2.45, 2.75) is 19.1 Å². The molecular formula is C17H21NO2. The summed E-state index contributed by atoms with van der Waals surface area (Å²) in [5, 5.41) is 6.10. The number of benzene rings is 2. The standard InChI is InChI=1S/C17H21NO2/c1-13(18-11-17-12-19-8-9-20-17)15-7-6-14-4-2-3-5-16(14)10-15/h2-7,10,13,17-18H,8-9,11-12H2,1H3. The van der Waals surface area contributed by atoms with Crippen molar-refractivity contribution in [1.29, 1.82) is 0 Å². The molecule has 1 aliphatic heterocycles. The Morgan fingerprint density at radius 2 is 2.00 bits per heavy atom. The van der Waals surface area contributed by atoms with Gasteiger partial charge in [0, 0.05) is 12.6 Å². The number of nitrogens with one attached hydrogen (secondary N) is 1. The topological polar surface area (TPSA) is 30.5 Å². The van der Waals surface area contributed by atoms with Crippen molar-refractivity contribution < 1.29 is 9.47 Å². The zero-order valence-electron chi connectivity index (χ0n) is 11.8. The van der Waals surface area contributed by atoms with Gasteiger partial charge >= 0.3 is 0 Å². The van der Waals surface area contributed by atoms with E-state index in [1.165, 1.54) is 16.3 Å². The van der Waals surface area contributed by atoms with Gasteiger partial charge in [0.05, 0.1) is 25.9 Å². The van der Waals surface area contributed by atoms with Crippen LogP contribution in [-0.4, -0.2) is 32.5 Å². The molecule has 3 heteroatoms. The Balaban J connectivity index is 1.64. The summed E-state index contributed by atoms with van der Waals surface area (Å²) >= 11 is 0. The van der Waals surface area contributed by atoms with Gasteiger partial charge in [-0.25, -0.2) is 0 Å². The van der Waals surface area contributed by atoms with Gasteiger partial charge in [0.25, 0.3) is 0 Å². The highest BCUT2D eigenvalue weighted by Crippen LogP contribution is 2.20. The van der Waals surface area contributed by atoms with Crippen molar-refractivity contribution in [1.82, 2.24) is 5.32 Å². The summed E-state index contributed by atoms with van der Waals surface area (Å²) in [6, 6.07) is 15.4. The van der Waals surface area contributed by atoms with Crippen molar-refractivity contribution >= 4 is 10.8 Å². The van der Waals surface area contributed by atoms with Gasteiger partial charge in [0.2, 0.25) is 0 Å². The molecule has 2 aromatic carbocycles. The number of rotatable bonds is 4. The van der Waals surface area contributed by atoms with E-state index in [2.05, 4.69) is 54.7 Å². The molecule has 1 aliphatic rings. The second-order valence-corrected chi connectivity index (χ2v) is 5.30. The molecule has 2 atom stereocenters. The van der Waals surface area contributed by atoms with E-state index in [4.69, 9.17) is 9.47 Å². The van der Waals surface area contributed by atoms with Crippen molar-refractivity contribution in [2.75, 3.05) is 26.4 Å². The summed E-state index contributed by atoms with van der Waals surface area (Å²) in [4.78, 5) is 0. The van der Waals surface area contributed by atoms with E-state index in [9.17, 15) is 0 Å². The normalized spacial score (nSPS) is 20.9. The van der Waals surface area contributed by atoms with E-state index < -0.39 is 0 Å².